The van der Waals surface area contributed by atoms with Crippen LogP contribution in [0.3, 0.4) is 0 Å². The molecular formula is C14H13FN2O2. The smallest absolute Gasteiger partial charge is 0.337 e. The molecule has 4 nitrogen and oxygen atoms in total. The molecule has 98 valence electrons. The summed E-state index contributed by atoms with van der Waals surface area (Å²) in [4.78, 5) is 12.7. The fourth-order valence-electron chi connectivity index (χ4n) is 1.77. The van der Waals surface area contributed by atoms with Gasteiger partial charge in [0.25, 0.3) is 0 Å². The Morgan fingerprint density at radius 3 is 2.53 bits per heavy atom. The van der Waals surface area contributed by atoms with Crippen LogP contribution in [0.2, 0.25) is 0 Å². The van der Waals surface area contributed by atoms with E-state index in [4.69, 9.17) is 10.8 Å². The number of halogens is 1. The highest BCUT2D eigenvalue weighted by Gasteiger charge is 2.11. The molecular weight excluding hydrogens is 247 g/mol. The first kappa shape index (κ1) is 12.9. The van der Waals surface area contributed by atoms with Gasteiger partial charge in [0.05, 0.1) is 5.56 Å². The minimum absolute atomic E-state index is 0.0285. The number of nitrogens with two attached hydrogens (primary N) is 1. The number of nitrogens with zero attached hydrogens (tertiary/aromatic N) is 1. The number of anilines is 3. The minimum atomic E-state index is -1.09. The number of carboxylic acids is 1. The predicted octanol–water partition coefficient (Wildman–Crippen LogP) is 2.87. The summed E-state index contributed by atoms with van der Waals surface area (Å²) in [7, 11) is 1.73. The molecule has 0 radical (unpaired) electrons. The number of hydrogen-bond donors (Lipinski definition) is 2. The molecule has 0 aliphatic rings. The fourth-order valence-corrected chi connectivity index (χ4v) is 1.77. The van der Waals surface area contributed by atoms with E-state index in [0.29, 0.717) is 11.4 Å². The number of carboxylic acid groups (broad SMARTS) is 1. The van der Waals surface area contributed by atoms with E-state index in [1.165, 1.54) is 24.3 Å². The molecule has 0 spiro atoms. The Labute approximate surface area is 109 Å². The van der Waals surface area contributed by atoms with Gasteiger partial charge >= 0.3 is 5.97 Å². The lowest BCUT2D eigenvalue weighted by molar-refractivity contribution is 0.0698. The van der Waals surface area contributed by atoms with Crippen molar-refractivity contribution >= 4 is 23.0 Å². The molecule has 0 aromatic heterocycles. The van der Waals surface area contributed by atoms with Crippen LogP contribution in [0.5, 0.6) is 0 Å². The molecule has 0 saturated carbocycles. The topological polar surface area (TPSA) is 66.6 Å². The lowest BCUT2D eigenvalue weighted by Gasteiger charge is -2.20. The van der Waals surface area contributed by atoms with E-state index in [1.54, 1.807) is 30.1 Å². The average Bonchev–Trinajstić information content (AvgIpc) is 2.38. The van der Waals surface area contributed by atoms with E-state index < -0.39 is 5.97 Å². The van der Waals surface area contributed by atoms with Crippen LogP contribution in [0.15, 0.2) is 42.5 Å². The first-order valence-electron chi connectivity index (χ1n) is 5.61. The van der Waals surface area contributed by atoms with Gasteiger partial charge in [0, 0.05) is 24.1 Å². The molecule has 0 fully saturated rings. The largest absolute Gasteiger partial charge is 0.478 e. The highest BCUT2D eigenvalue weighted by molar-refractivity contribution is 5.95. The molecule has 0 atom stereocenters. The van der Waals surface area contributed by atoms with Crippen LogP contribution in [0.1, 0.15) is 10.4 Å². The number of hydrogen-bond acceptors (Lipinski definition) is 3. The molecule has 3 N–H and O–H groups in total. The molecule has 0 aliphatic carbocycles. The molecule has 0 unspecified atom stereocenters. The second-order valence-electron chi connectivity index (χ2n) is 4.12. The molecule has 2 aromatic carbocycles. The van der Waals surface area contributed by atoms with Gasteiger partial charge in [-0.1, -0.05) is 6.07 Å². The zero-order valence-electron chi connectivity index (χ0n) is 10.3. The van der Waals surface area contributed by atoms with E-state index in [9.17, 15) is 9.18 Å². The van der Waals surface area contributed by atoms with Crippen molar-refractivity contribution < 1.29 is 14.3 Å². The van der Waals surface area contributed by atoms with Crippen molar-refractivity contribution in [1.82, 2.24) is 0 Å². The van der Waals surface area contributed by atoms with Crippen molar-refractivity contribution in [2.24, 2.45) is 0 Å². The van der Waals surface area contributed by atoms with E-state index in [0.717, 1.165) is 0 Å². The Morgan fingerprint density at radius 1 is 1.21 bits per heavy atom. The van der Waals surface area contributed by atoms with E-state index in [2.05, 4.69) is 0 Å². The van der Waals surface area contributed by atoms with Crippen molar-refractivity contribution in [2.45, 2.75) is 0 Å². The summed E-state index contributed by atoms with van der Waals surface area (Å²) in [5, 5.41) is 9.03. The first-order chi connectivity index (χ1) is 8.99. The summed E-state index contributed by atoms with van der Waals surface area (Å²) >= 11 is 0. The molecule has 0 saturated heterocycles. The molecule has 2 rings (SSSR count). The van der Waals surface area contributed by atoms with Crippen LogP contribution < -0.4 is 10.6 Å². The Kier molecular flexibility index (Phi) is 3.37. The summed E-state index contributed by atoms with van der Waals surface area (Å²) in [5.41, 5.74) is 7.07. The highest BCUT2D eigenvalue weighted by atomic mass is 19.1. The Bertz CT molecular complexity index is 629. The summed E-state index contributed by atoms with van der Waals surface area (Å²) in [6.07, 6.45) is 0. The Morgan fingerprint density at radius 2 is 1.89 bits per heavy atom. The second kappa shape index (κ2) is 4.97. The zero-order chi connectivity index (χ0) is 14.0. The van der Waals surface area contributed by atoms with Crippen LogP contribution in [0, 0.1) is 5.82 Å². The van der Waals surface area contributed by atoms with Crippen molar-refractivity contribution in [1.29, 1.82) is 0 Å². The minimum Gasteiger partial charge on any atom is -0.478 e. The normalized spacial score (nSPS) is 10.2. The van der Waals surface area contributed by atoms with Crippen LogP contribution in [0.25, 0.3) is 0 Å². The maximum absolute atomic E-state index is 13.2. The van der Waals surface area contributed by atoms with Crippen LogP contribution in [-0.2, 0) is 0 Å². The molecule has 0 bridgehead atoms. The van der Waals surface area contributed by atoms with Crippen molar-refractivity contribution in [3.05, 3.63) is 53.8 Å². The van der Waals surface area contributed by atoms with Crippen LogP contribution in [0.4, 0.5) is 21.5 Å². The maximum Gasteiger partial charge on any atom is 0.337 e. The lowest BCUT2D eigenvalue weighted by Crippen LogP contribution is -2.11. The second-order valence-corrected chi connectivity index (χ2v) is 4.12. The molecule has 2 aromatic rings. The van der Waals surface area contributed by atoms with Gasteiger partial charge in [-0.2, -0.15) is 0 Å². The number of carbonyl (C=O) groups is 1. The van der Waals surface area contributed by atoms with Crippen molar-refractivity contribution in [2.75, 3.05) is 17.7 Å². The third-order valence-corrected chi connectivity index (χ3v) is 2.85. The monoisotopic (exact) mass is 260 g/mol. The molecule has 0 amide bonds. The van der Waals surface area contributed by atoms with Crippen molar-refractivity contribution in [3.63, 3.8) is 0 Å². The molecule has 19 heavy (non-hydrogen) atoms. The molecule has 0 aliphatic heterocycles. The van der Waals surface area contributed by atoms with E-state index >= 15 is 0 Å². The summed E-state index contributed by atoms with van der Waals surface area (Å²) < 4.78 is 13.2. The van der Waals surface area contributed by atoms with Crippen molar-refractivity contribution in [3.8, 4) is 0 Å². The van der Waals surface area contributed by atoms with Gasteiger partial charge in [0.1, 0.15) is 5.82 Å². The Balaban J connectivity index is 2.42. The number of benzene rings is 2. The Hall–Kier alpha value is -2.56. The third kappa shape index (κ3) is 2.65. The molecule has 5 heteroatoms. The van der Waals surface area contributed by atoms with Gasteiger partial charge < -0.3 is 15.7 Å². The number of rotatable bonds is 3. The van der Waals surface area contributed by atoms with E-state index in [-0.39, 0.29) is 17.1 Å². The summed E-state index contributed by atoms with van der Waals surface area (Å²) in [6, 6.07) is 10.7. The van der Waals surface area contributed by atoms with Crippen LogP contribution in [-0.4, -0.2) is 18.1 Å². The predicted molar refractivity (Wildman–Crippen MR) is 72.3 cm³/mol. The zero-order valence-corrected chi connectivity index (χ0v) is 10.3. The quantitative estimate of drug-likeness (QED) is 0.833. The average molecular weight is 260 g/mol. The van der Waals surface area contributed by atoms with Gasteiger partial charge in [0.2, 0.25) is 0 Å². The van der Waals surface area contributed by atoms with Gasteiger partial charge in [-0.05, 0) is 36.4 Å². The fraction of sp³-hybridized carbons (Fsp3) is 0.0714. The van der Waals surface area contributed by atoms with Crippen LogP contribution >= 0.6 is 0 Å². The van der Waals surface area contributed by atoms with Gasteiger partial charge in [-0.25, -0.2) is 9.18 Å². The lowest BCUT2D eigenvalue weighted by atomic mass is 10.1. The van der Waals surface area contributed by atoms with Gasteiger partial charge in [-0.3, -0.25) is 0 Å². The standard InChI is InChI=1S/C14H13FN2O2/c1-17(10-4-2-3-9(15)7-10)11-5-6-13(16)12(8-11)14(18)19/h2-8H,16H2,1H3,(H,18,19). The summed E-state index contributed by atoms with van der Waals surface area (Å²) in [6.45, 7) is 0. The first-order valence-corrected chi connectivity index (χ1v) is 5.61. The SMILES string of the molecule is CN(c1cccc(F)c1)c1ccc(N)c(C(=O)O)c1. The molecule has 0 heterocycles. The summed E-state index contributed by atoms with van der Waals surface area (Å²) in [5.74, 6) is -1.44. The number of nitrogen functional groups attached to an aromatic ring is 1. The van der Waals surface area contributed by atoms with E-state index in [1.807, 2.05) is 0 Å². The maximum atomic E-state index is 13.2. The van der Waals surface area contributed by atoms with Gasteiger partial charge in [-0.15, -0.1) is 0 Å². The number of aromatic carboxylic acids is 1. The van der Waals surface area contributed by atoms with Gasteiger partial charge in [0.15, 0.2) is 0 Å². The third-order valence-electron chi connectivity index (χ3n) is 2.85. The highest BCUT2D eigenvalue weighted by Crippen LogP contribution is 2.27.